The second-order valence-corrected chi connectivity index (χ2v) is 16.5. The monoisotopic (exact) mass is 909 g/mol. The van der Waals surface area contributed by atoms with Crippen LogP contribution in [0.4, 0.5) is 29.7 Å². The van der Waals surface area contributed by atoms with Gasteiger partial charge >= 0.3 is 23.8 Å². The fourth-order valence-corrected chi connectivity index (χ4v) is 8.49. The second-order valence-electron chi connectivity index (χ2n) is 16.5. The van der Waals surface area contributed by atoms with Crippen LogP contribution in [0.25, 0.3) is 21.3 Å². The average Bonchev–Trinajstić information content (AvgIpc) is 4.07. The number of rotatable bonds is 12. The number of amides is 2. The van der Waals surface area contributed by atoms with Crippen molar-refractivity contribution in [2.24, 2.45) is 5.11 Å². The van der Waals surface area contributed by atoms with E-state index in [0.717, 1.165) is 16.3 Å². The number of pyridine rings is 1. The van der Waals surface area contributed by atoms with Crippen LogP contribution < -0.4 is 26.9 Å². The van der Waals surface area contributed by atoms with Gasteiger partial charge in [0.1, 0.15) is 43.4 Å². The third-order valence-corrected chi connectivity index (χ3v) is 11.8. The van der Waals surface area contributed by atoms with Crippen LogP contribution in [-0.4, -0.2) is 81.1 Å². The van der Waals surface area contributed by atoms with Gasteiger partial charge in [0.2, 0.25) is 5.43 Å². The average molecular weight is 910 g/mol. The Hall–Kier alpha value is -7.51. The van der Waals surface area contributed by atoms with E-state index >= 15 is 8.78 Å². The Morgan fingerprint density at radius 3 is 2.15 bits per heavy atom. The molecule has 2 N–H and O–H groups in total. The maximum atomic E-state index is 17.4. The summed E-state index contributed by atoms with van der Waals surface area (Å²) in [5.74, 6) is -3.68. The van der Waals surface area contributed by atoms with Crippen molar-refractivity contribution in [1.29, 1.82) is 0 Å². The van der Waals surface area contributed by atoms with Crippen LogP contribution in [0.3, 0.4) is 0 Å². The molecule has 2 aromatic heterocycles. The van der Waals surface area contributed by atoms with E-state index in [1.807, 2.05) is 30.3 Å². The number of benzene rings is 3. The van der Waals surface area contributed by atoms with Crippen LogP contribution in [0, 0.1) is 18.6 Å². The summed E-state index contributed by atoms with van der Waals surface area (Å²) in [6, 6.07) is 15.1. The predicted octanol–water partition coefficient (Wildman–Crippen LogP) is 6.58. The van der Waals surface area contributed by atoms with E-state index in [-0.39, 0.29) is 43.8 Å². The molecule has 8 rings (SSSR count). The number of anilines is 2. The minimum atomic E-state index is -1.32. The highest BCUT2D eigenvalue weighted by molar-refractivity contribution is 6.04. The highest BCUT2D eigenvalue weighted by atomic mass is 19.1. The standard InChI is InChI=1S/C45H45F2N9O10/c1-24-17-55(43(60)50-41(24)58)33-16-31(51-52-48)32(66-33)23-63-42(59)30-20-54(29-14-15-29)38-34(40(30)57)37(49-44(61)64-21-27-10-6-4-7-11-27)35(46)39(36(38)47)53-18-25(2)56(26(3)19-53)45(62)65-22-28-12-8-5-9-13-28/h4-13,17,20,25-26,29,31-33H,14-16,18-19,21-23H2,1-3H3,(H,49,61)(H,50,58,60)/t25?,26?,31-,32+,33+/m0/s1. The van der Waals surface area contributed by atoms with Crippen molar-refractivity contribution in [1.82, 2.24) is 19.0 Å². The number of carbonyl (C=O) groups is 3. The fraction of sp³-hybridized carbons (Fsp3) is 0.378. The number of nitrogens with zero attached hydrogens (tertiary/aromatic N) is 7. The number of halogens is 2. The molecular formula is C45H45F2N9O10. The summed E-state index contributed by atoms with van der Waals surface area (Å²) in [5, 5.41) is 5.41. The Labute approximate surface area is 374 Å². The van der Waals surface area contributed by atoms with E-state index in [9.17, 15) is 34.3 Å². The van der Waals surface area contributed by atoms with Crippen LogP contribution in [0.1, 0.15) is 72.4 Å². The first-order valence-corrected chi connectivity index (χ1v) is 21.2. The number of aromatic nitrogens is 3. The predicted molar refractivity (Wildman–Crippen MR) is 234 cm³/mol. The van der Waals surface area contributed by atoms with Crippen LogP contribution >= 0.6 is 0 Å². The van der Waals surface area contributed by atoms with Crippen LogP contribution in [0.5, 0.6) is 0 Å². The van der Waals surface area contributed by atoms with Gasteiger partial charge in [-0.1, -0.05) is 65.8 Å². The van der Waals surface area contributed by atoms with E-state index in [4.69, 9.17) is 18.9 Å². The molecular weight excluding hydrogens is 865 g/mol. The van der Waals surface area contributed by atoms with Gasteiger partial charge in [-0.25, -0.2) is 28.0 Å². The van der Waals surface area contributed by atoms with Crippen molar-refractivity contribution in [3.05, 3.63) is 148 Å². The Bertz CT molecular complexity index is 2910. The molecule has 3 fully saturated rings. The Morgan fingerprint density at radius 1 is 0.894 bits per heavy atom. The number of aryl methyl sites for hydroxylation is 1. The van der Waals surface area contributed by atoms with Gasteiger partial charge in [-0.05, 0) is 50.3 Å². The number of hydrogen-bond acceptors (Lipinski definition) is 12. The fourth-order valence-electron chi connectivity index (χ4n) is 8.49. The minimum absolute atomic E-state index is 0.0163. The van der Waals surface area contributed by atoms with Gasteiger partial charge in [0, 0.05) is 48.4 Å². The van der Waals surface area contributed by atoms with Gasteiger partial charge in [0.25, 0.3) is 5.56 Å². The molecule has 3 aliphatic rings. The highest BCUT2D eigenvalue weighted by Gasteiger charge is 2.41. The molecule has 21 heteroatoms. The molecule has 2 unspecified atom stereocenters. The zero-order valence-corrected chi connectivity index (χ0v) is 36.0. The maximum absolute atomic E-state index is 17.4. The summed E-state index contributed by atoms with van der Waals surface area (Å²) in [5.41, 5.74) is 5.96. The lowest BCUT2D eigenvalue weighted by atomic mass is 10.0. The summed E-state index contributed by atoms with van der Waals surface area (Å²) in [7, 11) is 0. The molecule has 4 heterocycles. The van der Waals surface area contributed by atoms with Crippen LogP contribution in [0.2, 0.25) is 0 Å². The van der Waals surface area contributed by atoms with Gasteiger partial charge in [0.05, 0.1) is 34.7 Å². The molecule has 5 aromatic rings. The van der Waals surface area contributed by atoms with Gasteiger partial charge in [-0.2, -0.15) is 0 Å². The zero-order valence-electron chi connectivity index (χ0n) is 36.0. The van der Waals surface area contributed by atoms with Crippen molar-refractivity contribution in [3.8, 4) is 0 Å². The molecule has 66 heavy (non-hydrogen) atoms. The van der Waals surface area contributed by atoms with Crippen molar-refractivity contribution in [2.45, 2.75) is 89.7 Å². The molecule has 0 spiro atoms. The number of azide groups is 1. The summed E-state index contributed by atoms with van der Waals surface area (Å²) < 4.78 is 59.7. The Kier molecular flexibility index (Phi) is 12.9. The molecule has 0 radical (unpaired) electrons. The van der Waals surface area contributed by atoms with Gasteiger partial charge in [0.15, 0.2) is 11.6 Å². The van der Waals surface area contributed by atoms with E-state index in [1.54, 1.807) is 44.2 Å². The van der Waals surface area contributed by atoms with Gasteiger partial charge in [-0.3, -0.25) is 29.4 Å². The Balaban J connectivity index is 1.13. The third-order valence-electron chi connectivity index (χ3n) is 11.8. The van der Waals surface area contributed by atoms with Gasteiger partial charge in [-0.15, -0.1) is 0 Å². The summed E-state index contributed by atoms with van der Waals surface area (Å²) in [6.07, 6.45) is -0.559. The number of esters is 1. The van der Waals surface area contributed by atoms with E-state index in [2.05, 4.69) is 20.3 Å². The summed E-state index contributed by atoms with van der Waals surface area (Å²) >= 11 is 0. The SMILES string of the molecule is Cc1cn([C@H]2C[C@H](N=[N+]=[N-])[C@@H](COC(=O)c3cn(C4CC4)c4c(F)c(N5CC(C)N(C(=O)OCc6ccccc6)C(C)C5)c(F)c(NC(=O)OCc5ccccc5)c4c3=O)O2)c(=O)[nH]c1=O. The normalized spacial score (nSPS) is 20.4. The van der Waals surface area contributed by atoms with Crippen LogP contribution in [-0.2, 0) is 32.2 Å². The molecule has 2 aliphatic heterocycles. The molecule has 1 aliphatic carbocycles. The summed E-state index contributed by atoms with van der Waals surface area (Å²) in [4.78, 5) is 87.8. The molecule has 5 atom stereocenters. The molecule has 2 saturated heterocycles. The first-order valence-electron chi connectivity index (χ1n) is 21.2. The summed E-state index contributed by atoms with van der Waals surface area (Å²) in [6.45, 7) is 3.94. The van der Waals surface area contributed by atoms with E-state index < -0.39 is 112 Å². The number of hydrogen-bond donors (Lipinski definition) is 2. The lowest BCUT2D eigenvalue weighted by Gasteiger charge is -2.44. The number of aromatic amines is 1. The van der Waals surface area contributed by atoms with E-state index in [1.165, 1.54) is 27.5 Å². The van der Waals surface area contributed by atoms with Crippen molar-refractivity contribution in [3.63, 3.8) is 0 Å². The van der Waals surface area contributed by atoms with Crippen molar-refractivity contribution >= 4 is 40.4 Å². The molecule has 1 saturated carbocycles. The highest BCUT2D eigenvalue weighted by Crippen LogP contribution is 2.43. The number of carbonyl (C=O) groups excluding carboxylic acids is 3. The molecule has 2 amide bonds. The minimum Gasteiger partial charge on any atom is -0.459 e. The first-order chi connectivity index (χ1) is 31.7. The molecule has 19 nitrogen and oxygen atoms in total. The molecule has 344 valence electrons. The lowest BCUT2D eigenvalue weighted by molar-refractivity contribution is -0.0363. The molecule has 3 aromatic carbocycles. The lowest BCUT2D eigenvalue weighted by Crippen LogP contribution is -2.59. The molecule has 0 bridgehead atoms. The number of H-pyrrole nitrogens is 1. The van der Waals surface area contributed by atoms with Crippen molar-refractivity contribution in [2.75, 3.05) is 29.9 Å². The van der Waals surface area contributed by atoms with Gasteiger partial charge < -0.3 is 28.4 Å². The van der Waals surface area contributed by atoms with Crippen LogP contribution in [0.15, 0.2) is 92.6 Å². The van der Waals surface area contributed by atoms with Crippen molar-refractivity contribution < 1.29 is 42.1 Å². The largest absolute Gasteiger partial charge is 0.459 e. The first kappa shape index (κ1) is 45.1. The Morgan fingerprint density at radius 2 is 1.53 bits per heavy atom. The maximum Gasteiger partial charge on any atom is 0.412 e. The topological polar surface area (TPSA) is 232 Å². The smallest absolute Gasteiger partial charge is 0.412 e. The number of piperazine rings is 1. The quantitative estimate of drug-likeness (QED) is 0.0446. The number of ether oxygens (including phenoxy) is 4. The second kappa shape index (κ2) is 18.9. The number of fused-ring (bicyclic) bond motifs is 1. The zero-order chi connectivity index (χ0) is 46.8. The van der Waals surface area contributed by atoms with E-state index in [0.29, 0.717) is 18.4 Å². The third kappa shape index (κ3) is 9.20. The number of nitrogens with one attached hydrogen (secondary N) is 2.